The van der Waals surface area contributed by atoms with Gasteiger partial charge >= 0.3 is 0 Å². The molecule has 2 rings (SSSR count). The van der Waals surface area contributed by atoms with Gasteiger partial charge < -0.3 is 4.74 Å². The fourth-order valence-electron chi connectivity index (χ4n) is 1.76. The number of aromatic amines is 1. The number of ether oxygens (including phenoxy) is 1. The van der Waals surface area contributed by atoms with E-state index in [9.17, 15) is 8.78 Å². The van der Waals surface area contributed by atoms with E-state index in [1.165, 1.54) is 23.8 Å². The molecule has 0 atom stereocenters. The first-order valence-electron chi connectivity index (χ1n) is 5.65. The molecular formula is C12H13F2N3OS. The smallest absolute Gasteiger partial charge is 0.195 e. The van der Waals surface area contributed by atoms with Gasteiger partial charge in [-0.3, -0.25) is 9.67 Å². The summed E-state index contributed by atoms with van der Waals surface area (Å²) in [5.41, 5.74) is 0.173. The van der Waals surface area contributed by atoms with E-state index >= 15 is 0 Å². The highest BCUT2D eigenvalue weighted by Gasteiger charge is 2.19. The average molecular weight is 285 g/mol. The van der Waals surface area contributed by atoms with Crippen LogP contribution in [-0.4, -0.2) is 28.5 Å². The fourth-order valence-corrected chi connectivity index (χ4v) is 1.98. The van der Waals surface area contributed by atoms with E-state index in [2.05, 4.69) is 10.2 Å². The number of halogens is 2. The van der Waals surface area contributed by atoms with Gasteiger partial charge in [0.2, 0.25) is 0 Å². The van der Waals surface area contributed by atoms with Crippen LogP contribution in [0.15, 0.2) is 12.1 Å². The third-order valence-electron chi connectivity index (χ3n) is 2.79. The van der Waals surface area contributed by atoms with Crippen molar-refractivity contribution in [1.29, 1.82) is 0 Å². The molecule has 0 bridgehead atoms. The van der Waals surface area contributed by atoms with Crippen LogP contribution < -0.4 is 0 Å². The Morgan fingerprint density at radius 2 is 2.16 bits per heavy atom. The maximum atomic E-state index is 14.1. The second-order valence-electron chi connectivity index (χ2n) is 4.05. The Balaban J connectivity index is 2.60. The highest BCUT2D eigenvalue weighted by Crippen LogP contribution is 2.26. The second kappa shape index (κ2) is 5.58. The van der Waals surface area contributed by atoms with Crippen molar-refractivity contribution in [2.75, 3.05) is 13.7 Å². The Morgan fingerprint density at radius 1 is 1.42 bits per heavy atom. The molecule has 1 N–H and O–H groups in total. The number of hydrogen-bond acceptors (Lipinski definition) is 3. The minimum atomic E-state index is -0.671. The number of H-pyrrole nitrogens is 1. The predicted octanol–water partition coefficient (Wildman–Crippen LogP) is 2.84. The van der Waals surface area contributed by atoms with Gasteiger partial charge in [0.25, 0.3) is 0 Å². The van der Waals surface area contributed by atoms with Crippen LogP contribution in [0.1, 0.15) is 5.56 Å². The van der Waals surface area contributed by atoms with E-state index in [0.717, 1.165) is 0 Å². The fraction of sp³-hybridized carbons (Fsp3) is 0.333. The van der Waals surface area contributed by atoms with Crippen LogP contribution in [0.3, 0.4) is 0 Å². The van der Waals surface area contributed by atoms with E-state index in [0.29, 0.717) is 23.5 Å². The Bertz CT molecular complexity index is 651. The summed E-state index contributed by atoms with van der Waals surface area (Å²) in [6, 6.07) is 2.60. The molecule has 0 unspecified atom stereocenters. The van der Waals surface area contributed by atoms with Crippen molar-refractivity contribution >= 4 is 12.2 Å². The normalized spacial score (nSPS) is 10.9. The molecule has 0 saturated heterocycles. The van der Waals surface area contributed by atoms with Gasteiger partial charge in [-0.15, -0.1) is 0 Å². The molecule has 1 heterocycles. The maximum absolute atomic E-state index is 14.1. The highest BCUT2D eigenvalue weighted by molar-refractivity contribution is 7.71. The molecule has 0 saturated carbocycles. The number of rotatable bonds is 4. The number of methoxy groups -OCH3 is 1. The first-order valence-corrected chi connectivity index (χ1v) is 6.06. The largest absolute Gasteiger partial charge is 0.383 e. The van der Waals surface area contributed by atoms with Gasteiger partial charge in [0.05, 0.1) is 18.7 Å². The molecule has 0 spiro atoms. The lowest BCUT2D eigenvalue weighted by Crippen LogP contribution is -2.08. The predicted molar refractivity (Wildman–Crippen MR) is 69.4 cm³/mol. The number of nitrogens with zero attached hydrogens (tertiary/aromatic N) is 2. The summed E-state index contributed by atoms with van der Waals surface area (Å²) in [4.78, 5) is 0. The molecular weight excluding hydrogens is 272 g/mol. The Morgan fingerprint density at radius 3 is 2.84 bits per heavy atom. The minimum absolute atomic E-state index is 0.140. The molecule has 0 fully saturated rings. The Kier molecular flexibility index (Phi) is 4.06. The highest BCUT2D eigenvalue weighted by atomic mass is 32.1. The quantitative estimate of drug-likeness (QED) is 0.878. The number of aromatic nitrogens is 3. The number of aryl methyl sites for hydroxylation is 1. The van der Waals surface area contributed by atoms with Crippen LogP contribution in [0.4, 0.5) is 8.78 Å². The third-order valence-corrected chi connectivity index (χ3v) is 3.10. The van der Waals surface area contributed by atoms with E-state index in [1.54, 1.807) is 6.92 Å². The van der Waals surface area contributed by atoms with Crippen LogP contribution in [-0.2, 0) is 11.3 Å². The minimum Gasteiger partial charge on any atom is -0.383 e. The summed E-state index contributed by atoms with van der Waals surface area (Å²) in [6.45, 7) is 2.31. The molecule has 4 nitrogen and oxygen atoms in total. The lowest BCUT2D eigenvalue weighted by molar-refractivity contribution is 0.187. The summed E-state index contributed by atoms with van der Waals surface area (Å²) < 4.78 is 34.7. The zero-order valence-electron chi connectivity index (χ0n) is 10.5. The zero-order valence-corrected chi connectivity index (χ0v) is 11.4. The molecule has 0 radical (unpaired) electrons. The molecule has 0 amide bonds. The molecule has 1 aromatic heterocycles. The van der Waals surface area contributed by atoms with Crippen LogP contribution in [0.25, 0.3) is 11.4 Å². The van der Waals surface area contributed by atoms with Crippen molar-refractivity contribution in [3.05, 3.63) is 34.1 Å². The van der Waals surface area contributed by atoms with Gasteiger partial charge in [-0.1, -0.05) is 6.07 Å². The molecule has 102 valence electrons. The number of nitrogens with one attached hydrogen (secondary N) is 1. The molecule has 2 aromatic rings. The topological polar surface area (TPSA) is 42.8 Å². The van der Waals surface area contributed by atoms with E-state index < -0.39 is 11.6 Å². The summed E-state index contributed by atoms with van der Waals surface area (Å²) in [7, 11) is 1.54. The van der Waals surface area contributed by atoms with Crippen LogP contribution in [0.5, 0.6) is 0 Å². The van der Waals surface area contributed by atoms with Crippen molar-refractivity contribution in [2.24, 2.45) is 0 Å². The van der Waals surface area contributed by atoms with Crippen LogP contribution in [0.2, 0.25) is 0 Å². The number of hydrogen-bond donors (Lipinski definition) is 1. The third kappa shape index (κ3) is 2.57. The first-order chi connectivity index (χ1) is 9.06. The Hall–Kier alpha value is -1.60. The van der Waals surface area contributed by atoms with E-state index in [1.807, 2.05) is 0 Å². The van der Waals surface area contributed by atoms with Gasteiger partial charge in [0.1, 0.15) is 11.6 Å². The maximum Gasteiger partial charge on any atom is 0.195 e. The second-order valence-corrected chi connectivity index (χ2v) is 4.44. The number of benzene rings is 1. The summed E-state index contributed by atoms with van der Waals surface area (Å²) >= 11 is 5.05. The van der Waals surface area contributed by atoms with Crippen molar-refractivity contribution in [1.82, 2.24) is 14.8 Å². The van der Waals surface area contributed by atoms with Crippen molar-refractivity contribution in [3.8, 4) is 11.4 Å². The molecule has 0 aliphatic heterocycles. The summed E-state index contributed by atoms with van der Waals surface area (Å²) in [5, 5.41) is 6.46. The first kappa shape index (κ1) is 13.8. The SMILES string of the molecule is COCCn1c(-c2c(F)ccc(C)c2F)n[nH]c1=S. The molecule has 19 heavy (non-hydrogen) atoms. The van der Waals surface area contributed by atoms with Gasteiger partial charge in [-0.2, -0.15) is 5.10 Å². The molecule has 0 aliphatic rings. The lowest BCUT2D eigenvalue weighted by atomic mass is 10.1. The average Bonchev–Trinajstić information content (AvgIpc) is 2.74. The van der Waals surface area contributed by atoms with Crippen LogP contribution >= 0.6 is 12.2 Å². The van der Waals surface area contributed by atoms with Crippen molar-refractivity contribution in [2.45, 2.75) is 13.5 Å². The summed E-state index contributed by atoms with van der Waals surface area (Å²) in [5.74, 6) is -1.16. The van der Waals surface area contributed by atoms with E-state index in [-0.39, 0.29) is 11.4 Å². The van der Waals surface area contributed by atoms with Gasteiger partial charge in [0.15, 0.2) is 10.6 Å². The standard InChI is InChI=1S/C12H13F2N3OS/c1-7-3-4-8(13)9(10(7)14)11-15-16-12(19)17(11)5-6-18-2/h3-4H,5-6H2,1-2H3,(H,16,19). The Labute approximate surface area is 114 Å². The van der Waals surface area contributed by atoms with Gasteiger partial charge in [0, 0.05) is 7.11 Å². The molecule has 1 aromatic carbocycles. The van der Waals surface area contributed by atoms with Gasteiger partial charge in [-0.05, 0) is 30.8 Å². The summed E-state index contributed by atoms with van der Waals surface area (Å²) in [6.07, 6.45) is 0. The lowest BCUT2D eigenvalue weighted by Gasteiger charge is -2.09. The van der Waals surface area contributed by atoms with Gasteiger partial charge in [-0.25, -0.2) is 8.78 Å². The van der Waals surface area contributed by atoms with Crippen molar-refractivity contribution < 1.29 is 13.5 Å². The molecule has 0 aliphatic carbocycles. The van der Waals surface area contributed by atoms with Crippen LogP contribution in [0, 0.1) is 23.3 Å². The van der Waals surface area contributed by atoms with Crippen molar-refractivity contribution in [3.63, 3.8) is 0 Å². The zero-order chi connectivity index (χ0) is 14.0. The monoisotopic (exact) mass is 285 g/mol. The van der Waals surface area contributed by atoms with E-state index in [4.69, 9.17) is 17.0 Å². The molecule has 7 heteroatoms.